The number of ether oxygens (including phenoxy) is 1. The molecule has 1 aromatic rings. The average Bonchev–Trinajstić information content (AvgIpc) is 2.47. The first-order chi connectivity index (χ1) is 9.80. The Bertz CT molecular complexity index is 419. The molecule has 1 aliphatic carbocycles. The predicted octanol–water partition coefficient (Wildman–Crippen LogP) is 2.78. The molecule has 2 rings (SSSR count). The number of hydrogen-bond acceptors (Lipinski definition) is 4. The van der Waals surface area contributed by atoms with Crippen LogP contribution in [0, 0.1) is 0 Å². The van der Waals surface area contributed by atoms with Crippen molar-refractivity contribution in [3.05, 3.63) is 29.3 Å². The number of fused-ring (bicyclic) bond motifs is 1. The number of benzene rings is 1. The van der Waals surface area contributed by atoms with E-state index in [1.807, 2.05) is 17.8 Å². The number of nitrogens with one attached hydrogen (secondary N) is 1. The summed E-state index contributed by atoms with van der Waals surface area (Å²) < 4.78 is 5.49. The first-order valence-corrected chi connectivity index (χ1v) is 8.71. The van der Waals surface area contributed by atoms with Crippen LogP contribution in [0.1, 0.15) is 36.4 Å². The van der Waals surface area contributed by atoms with Gasteiger partial charge in [-0.15, -0.1) is 0 Å². The van der Waals surface area contributed by atoms with Crippen molar-refractivity contribution in [2.24, 2.45) is 0 Å². The molecule has 1 aromatic carbocycles. The Labute approximate surface area is 126 Å². The van der Waals surface area contributed by atoms with Gasteiger partial charge in [0, 0.05) is 24.4 Å². The molecule has 112 valence electrons. The molecule has 4 heteroatoms. The number of aliphatic hydroxyl groups is 1. The van der Waals surface area contributed by atoms with E-state index < -0.39 is 0 Å². The Morgan fingerprint density at radius 3 is 3.05 bits per heavy atom. The first-order valence-electron chi connectivity index (χ1n) is 7.31. The number of hydrogen-bond donors (Lipinski definition) is 2. The van der Waals surface area contributed by atoms with Gasteiger partial charge in [-0.05, 0) is 49.1 Å². The highest BCUT2D eigenvalue weighted by Gasteiger charge is 2.24. The van der Waals surface area contributed by atoms with Crippen molar-refractivity contribution in [3.63, 3.8) is 0 Å². The molecule has 0 amide bonds. The number of aliphatic hydroxyl groups excluding tert-OH is 1. The lowest BCUT2D eigenvalue weighted by atomic mass is 9.86. The molecule has 0 aliphatic heterocycles. The highest BCUT2D eigenvalue weighted by atomic mass is 32.2. The Hall–Kier alpha value is -0.710. The molecule has 0 saturated carbocycles. The van der Waals surface area contributed by atoms with E-state index in [0.29, 0.717) is 12.1 Å². The molecule has 0 saturated heterocycles. The van der Waals surface area contributed by atoms with E-state index in [0.717, 1.165) is 30.8 Å². The van der Waals surface area contributed by atoms with Crippen LogP contribution in [-0.4, -0.2) is 36.9 Å². The second-order valence-corrected chi connectivity index (χ2v) is 6.21. The highest BCUT2D eigenvalue weighted by Crippen LogP contribution is 2.35. The van der Waals surface area contributed by atoms with Crippen LogP contribution in [0.2, 0.25) is 0 Å². The molecule has 0 fully saturated rings. The Kier molecular flexibility index (Phi) is 6.20. The number of methoxy groups -OCH3 is 1. The maximum atomic E-state index is 9.20. The van der Waals surface area contributed by atoms with Gasteiger partial charge in [0.2, 0.25) is 0 Å². The maximum absolute atomic E-state index is 9.20. The summed E-state index contributed by atoms with van der Waals surface area (Å²) in [6, 6.07) is 7.10. The van der Waals surface area contributed by atoms with Crippen LogP contribution in [0.4, 0.5) is 0 Å². The minimum atomic E-state index is 0.246. The van der Waals surface area contributed by atoms with Crippen molar-refractivity contribution >= 4 is 11.8 Å². The van der Waals surface area contributed by atoms with Crippen LogP contribution in [0.25, 0.3) is 0 Å². The fourth-order valence-corrected chi connectivity index (χ4v) is 3.70. The molecule has 0 bridgehead atoms. The fourth-order valence-electron chi connectivity index (χ4n) is 3.04. The molecule has 0 heterocycles. The minimum Gasteiger partial charge on any atom is -0.496 e. The SMILES string of the molecule is COc1cccc2c1CCCC2NC(CCO)CSC. The summed E-state index contributed by atoms with van der Waals surface area (Å²) >= 11 is 1.83. The topological polar surface area (TPSA) is 41.5 Å². The van der Waals surface area contributed by atoms with Crippen LogP contribution in [0.15, 0.2) is 18.2 Å². The van der Waals surface area contributed by atoms with Gasteiger partial charge in [-0.1, -0.05) is 12.1 Å². The van der Waals surface area contributed by atoms with Crippen LogP contribution in [0.3, 0.4) is 0 Å². The van der Waals surface area contributed by atoms with Gasteiger partial charge in [-0.25, -0.2) is 0 Å². The first kappa shape index (κ1) is 15.7. The third kappa shape index (κ3) is 3.68. The quantitative estimate of drug-likeness (QED) is 0.811. The lowest BCUT2D eigenvalue weighted by molar-refractivity contribution is 0.261. The minimum absolute atomic E-state index is 0.246. The van der Waals surface area contributed by atoms with E-state index in [-0.39, 0.29) is 6.61 Å². The molecule has 2 N–H and O–H groups in total. The summed E-state index contributed by atoms with van der Waals surface area (Å²) in [5, 5.41) is 12.9. The van der Waals surface area contributed by atoms with E-state index in [1.54, 1.807) is 7.11 Å². The molecule has 2 atom stereocenters. The summed E-state index contributed by atoms with van der Waals surface area (Å²) in [4.78, 5) is 0. The molecule has 3 nitrogen and oxygen atoms in total. The second kappa shape index (κ2) is 7.91. The van der Waals surface area contributed by atoms with Crippen molar-refractivity contribution in [2.75, 3.05) is 25.7 Å². The lowest BCUT2D eigenvalue weighted by Gasteiger charge is -2.31. The summed E-state index contributed by atoms with van der Waals surface area (Å²) in [7, 11) is 1.74. The fraction of sp³-hybridized carbons (Fsp3) is 0.625. The van der Waals surface area contributed by atoms with Gasteiger partial charge < -0.3 is 15.2 Å². The molecule has 2 unspecified atom stereocenters. The van der Waals surface area contributed by atoms with Crippen molar-refractivity contribution in [3.8, 4) is 5.75 Å². The lowest BCUT2D eigenvalue weighted by Crippen LogP contribution is -2.37. The third-order valence-corrected chi connectivity index (χ3v) is 4.70. The Balaban J connectivity index is 2.15. The summed E-state index contributed by atoms with van der Waals surface area (Å²) in [5.41, 5.74) is 2.73. The summed E-state index contributed by atoms with van der Waals surface area (Å²) in [6.45, 7) is 0.246. The van der Waals surface area contributed by atoms with Crippen LogP contribution in [0.5, 0.6) is 5.75 Å². The number of thioether (sulfide) groups is 1. The standard InChI is InChI=1S/C16H25NO2S/c1-19-16-8-4-5-13-14(16)6-3-7-15(13)17-12(9-10-18)11-20-2/h4-5,8,12,15,17-18H,3,6-7,9-11H2,1-2H3. The molecule has 0 aromatic heterocycles. The van der Waals surface area contributed by atoms with E-state index in [1.165, 1.54) is 17.5 Å². The van der Waals surface area contributed by atoms with Crippen molar-refractivity contribution in [1.82, 2.24) is 5.32 Å². The van der Waals surface area contributed by atoms with Gasteiger partial charge in [0.25, 0.3) is 0 Å². The zero-order valence-electron chi connectivity index (χ0n) is 12.4. The average molecular weight is 295 g/mol. The summed E-state index contributed by atoms with van der Waals surface area (Å²) in [6.07, 6.45) is 6.39. The molecule has 20 heavy (non-hydrogen) atoms. The van der Waals surface area contributed by atoms with E-state index in [9.17, 15) is 5.11 Å². The van der Waals surface area contributed by atoms with E-state index in [2.05, 4.69) is 23.7 Å². The Morgan fingerprint density at radius 1 is 1.50 bits per heavy atom. The van der Waals surface area contributed by atoms with Gasteiger partial charge >= 0.3 is 0 Å². The van der Waals surface area contributed by atoms with Gasteiger partial charge in [0.15, 0.2) is 0 Å². The number of rotatable bonds is 7. The van der Waals surface area contributed by atoms with Crippen molar-refractivity contribution in [2.45, 2.75) is 37.8 Å². The van der Waals surface area contributed by atoms with Crippen LogP contribution >= 0.6 is 11.8 Å². The molecular formula is C16H25NO2S. The van der Waals surface area contributed by atoms with Gasteiger partial charge in [-0.3, -0.25) is 0 Å². The normalized spacial score (nSPS) is 19.4. The molecule has 0 spiro atoms. The van der Waals surface area contributed by atoms with E-state index in [4.69, 9.17) is 4.74 Å². The maximum Gasteiger partial charge on any atom is 0.122 e. The van der Waals surface area contributed by atoms with Crippen molar-refractivity contribution in [1.29, 1.82) is 0 Å². The van der Waals surface area contributed by atoms with Crippen LogP contribution in [-0.2, 0) is 6.42 Å². The van der Waals surface area contributed by atoms with Gasteiger partial charge in [0.05, 0.1) is 7.11 Å². The zero-order valence-corrected chi connectivity index (χ0v) is 13.2. The zero-order chi connectivity index (χ0) is 14.4. The summed E-state index contributed by atoms with van der Waals surface area (Å²) in [5.74, 6) is 2.05. The molecule has 0 radical (unpaired) electrons. The Morgan fingerprint density at radius 2 is 2.35 bits per heavy atom. The molecular weight excluding hydrogens is 270 g/mol. The smallest absolute Gasteiger partial charge is 0.122 e. The van der Waals surface area contributed by atoms with Gasteiger partial charge in [0.1, 0.15) is 5.75 Å². The monoisotopic (exact) mass is 295 g/mol. The molecule has 1 aliphatic rings. The predicted molar refractivity (Wildman–Crippen MR) is 85.7 cm³/mol. The van der Waals surface area contributed by atoms with Crippen molar-refractivity contribution < 1.29 is 9.84 Å². The second-order valence-electron chi connectivity index (χ2n) is 5.30. The highest BCUT2D eigenvalue weighted by molar-refractivity contribution is 7.98. The van der Waals surface area contributed by atoms with Gasteiger partial charge in [-0.2, -0.15) is 11.8 Å². The third-order valence-electron chi connectivity index (χ3n) is 3.97. The van der Waals surface area contributed by atoms with Crippen LogP contribution < -0.4 is 10.1 Å². The largest absolute Gasteiger partial charge is 0.496 e. The van der Waals surface area contributed by atoms with E-state index >= 15 is 0 Å².